The molecule has 0 amide bonds. The fourth-order valence-corrected chi connectivity index (χ4v) is 2.14. The van der Waals surface area contributed by atoms with Crippen molar-refractivity contribution < 1.29 is 9.47 Å². The lowest BCUT2D eigenvalue weighted by Gasteiger charge is -2.11. The number of nitrogens with zero attached hydrogens (tertiary/aromatic N) is 4. The number of benzene rings is 2. The minimum Gasteiger partial charge on any atom is -0.493 e. The molecule has 0 N–H and O–H groups in total. The molecule has 7 heteroatoms. The molecule has 122 valence electrons. The van der Waals surface area contributed by atoms with Crippen molar-refractivity contribution in [3.05, 3.63) is 71.3 Å². The summed E-state index contributed by atoms with van der Waals surface area (Å²) in [5.41, 5.74) is 1.89. The summed E-state index contributed by atoms with van der Waals surface area (Å²) in [6.45, 7) is 0.416. The van der Waals surface area contributed by atoms with E-state index in [1.54, 1.807) is 13.3 Å². The molecule has 0 fully saturated rings. The van der Waals surface area contributed by atoms with E-state index in [1.165, 1.54) is 17.3 Å². The Balaban J connectivity index is 1.75. The Morgan fingerprint density at radius 2 is 1.83 bits per heavy atom. The quantitative estimate of drug-likeness (QED) is 0.644. The molecule has 24 heavy (non-hydrogen) atoms. The van der Waals surface area contributed by atoms with Crippen LogP contribution >= 0.6 is 11.6 Å². The molecule has 3 rings (SSSR count). The van der Waals surface area contributed by atoms with Gasteiger partial charge in [0, 0.05) is 5.02 Å². The van der Waals surface area contributed by atoms with Crippen LogP contribution in [0, 0.1) is 0 Å². The predicted octanol–water partition coefficient (Wildman–Crippen LogP) is 3.40. The van der Waals surface area contributed by atoms with Crippen molar-refractivity contribution in [3.8, 4) is 11.5 Å². The molecule has 0 aliphatic heterocycles. The van der Waals surface area contributed by atoms with Crippen LogP contribution in [0.1, 0.15) is 11.1 Å². The normalized spacial score (nSPS) is 10.9. The highest BCUT2D eigenvalue weighted by Gasteiger charge is 2.06. The number of halogens is 1. The van der Waals surface area contributed by atoms with Crippen molar-refractivity contribution >= 4 is 17.8 Å². The zero-order chi connectivity index (χ0) is 16.8. The summed E-state index contributed by atoms with van der Waals surface area (Å²) >= 11 is 5.89. The third-order valence-corrected chi connectivity index (χ3v) is 3.49. The molecule has 1 heterocycles. The van der Waals surface area contributed by atoms with E-state index < -0.39 is 0 Å². The first kappa shape index (κ1) is 16.0. The molecule has 6 nitrogen and oxygen atoms in total. The molecule has 2 aromatic carbocycles. The van der Waals surface area contributed by atoms with Crippen LogP contribution in [0.2, 0.25) is 5.02 Å². The standard InChI is InChI=1S/C17H15ClN4O2/c1-23-16-7-4-14(9-21-22-11-19-20-12-22)8-17(16)24-10-13-2-5-15(18)6-3-13/h2-9,11-12H,10H2,1H3/b21-9+. The third-order valence-electron chi connectivity index (χ3n) is 3.24. The number of methoxy groups -OCH3 is 1. The smallest absolute Gasteiger partial charge is 0.162 e. The summed E-state index contributed by atoms with van der Waals surface area (Å²) in [5.74, 6) is 1.30. The number of hydrogen-bond donors (Lipinski definition) is 0. The van der Waals surface area contributed by atoms with Crippen LogP contribution in [0.3, 0.4) is 0 Å². The molecule has 0 atom stereocenters. The van der Waals surface area contributed by atoms with Crippen LogP contribution in [0.25, 0.3) is 0 Å². The molecule has 0 saturated heterocycles. The molecule has 0 saturated carbocycles. The van der Waals surface area contributed by atoms with Crippen molar-refractivity contribution in [2.24, 2.45) is 5.10 Å². The van der Waals surface area contributed by atoms with Gasteiger partial charge in [-0.1, -0.05) is 23.7 Å². The second-order valence-corrected chi connectivity index (χ2v) is 5.35. The molecule has 3 aromatic rings. The number of hydrogen-bond acceptors (Lipinski definition) is 5. The Morgan fingerprint density at radius 1 is 1.08 bits per heavy atom. The highest BCUT2D eigenvalue weighted by Crippen LogP contribution is 2.28. The molecular weight excluding hydrogens is 328 g/mol. The van der Waals surface area contributed by atoms with E-state index in [0.717, 1.165) is 11.1 Å². The second kappa shape index (κ2) is 7.61. The Morgan fingerprint density at radius 3 is 2.54 bits per heavy atom. The van der Waals surface area contributed by atoms with Crippen LogP contribution in [0.15, 0.2) is 60.2 Å². The highest BCUT2D eigenvalue weighted by molar-refractivity contribution is 6.30. The summed E-state index contributed by atoms with van der Waals surface area (Å²) in [5, 5.41) is 12.3. The molecule has 1 aromatic heterocycles. The Bertz CT molecular complexity index is 817. The summed E-state index contributed by atoms with van der Waals surface area (Å²) in [6, 6.07) is 13.1. The number of rotatable bonds is 6. The van der Waals surface area contributed by atoms with E-state index >= 15 is 0 Å². The minimum atomic E-state index is 0.416. The van der Waals surface area contributed by atoms with Gasteiger partial charge in [-0.05, 0) is 41.5 Å². The van der Waals surface area contributed by atoms with Gasteiger partial charge in [-0.2, -0.15) is 5.10 Å². The molecule has 0 spiro atoms. The Labute approximate surface area is 144 Å². The van der Waals surface area contributed by atoms with E-state index in [2.05, 4.69) is 15.3 Å². The van der Waals surface area contributed by atoms with Gasteiger partial charge >= 0.3 is 0 Å². The average molecular weight is 343 g/mol. The van der Waals surface area contributed by atoms with Gasteiger partial charge in [-0.3, -0.25) is 0 Å². The maximum absolute atomic E-state index is 5.89. The van der Waals surface area contributed by atoms with Crippen LogP contribution < -0.4 is 9.47 Å². The molecule has 0 bridgehead atoms. The van der Waals surface area contributed by atoms with E-state index in [-0.39, 0.29) is 0 Å². The number of aromatic nitrogens is 3. The lowest BCUT2D eigenvalue weighted by Crippen LogP contribution is -1.98. The lowest BCUT2D eigenvalue weighted by atomic mass is 10.2. The SMILES string of the molecule is COc1ccc(/C=N/n2cnnc2)cc1OCc1ccc(Cl)cc1. The van der Waals surface area contributed by atoms with Gasteiger partial charge < -0.3 is 9.47 Å². The van der Waals surface area contributed by atoms with Crippen molar-refractivity contribution in [1.29, 1.82) is 0 Å². The maximum Gasteiger partial charge on any atom is 0.162 e. The summed E-state index contributed by atoms with van der Waals surface area (Å²) in [4.78, 5) is 0. The molecule has 0 aliphatic rings. The average Bonchev–Trinajstić information content (AvgIpc) is 3.13. The first-order chi connectivity index (χ1) is 11.7. The largest absolute Gasteiger partial charge is 0.493 e. The fraction of sp³-hybridized carbons (Fsp3) is 0.118. The second-order valence-electron chi connectivity index (χ2n) is 4.91. The molecule has 0 aliphatic carbocycles. The minimum absolute atomic E-state index is 0.416. The van der Waals surface area contributed by atoms with E-state index in [4.69, 9.17) is 21.1 Å². The first-order valence-electron chi connectivity index (χ1n) is 7.19. The van der Waals surface area contributed by atoms with Crippen LogP contribution in [-0.4, -0.2) is 28.2 Å². The van der Waals surface area contributed by atoms with Crippen molar-refractivity contribution in [2.45, 2.75) is 6.61 Å². The van der Waals surface area contributed by atoms with E-state index in [0.29, 0.717) is 23.1 Å². The predicted molar refractivity (Wildman–Crippen MR) is 91.8 cm³/mol. The van der Waals surface area contributed by atoms with E-state index in [1.807, 2.05) is 42.5 Å². The number of ether oxygens (including phenoxy) is 2. The fourth-order valence-electron chi connectivity index (χ4n) is 2.02. The summed E-state index contributed by atoms with van der Waals surface area (Å²) in [7, 11) is 1.61. The van der Waals surface area contributed by atoms with Crippen molar-refractivity contribution in [3.63, 3.8) is 0 Å². The van der Waals surface area contributed by atoms with Gasteiger partial charge in [0.2, 0.25) is 0 Å². The summed E-state index contributed by atoms with van der Waals surface area (Å²) < 4.78 is 12.7. The molecular formula is C17H15ClN4O2. The zero-order valence-electron chi connectivity index (χ0n) is 13.0. The third kappa shape index (κ3) is 4.11. The van der Waals surface area contributed by atoms with Gasteiger partial charge in [0.25, 0.3) is 0 Å². The van der Waals surface area contributed by atoms with Crippen molar-refractivity contribution in [1.82, 2.24) is 14.9 Å². The lowest BCUT2D eigenvalue weighted by molar-refractivity contribution is 0.284. The van der Waals surface area contributed by atoms with E-state index in [9.17, 15) is 0 Å². The highest BCUT2D eigenvalue weighted by atomic mass is 35.5. The Kier molecular flexibility index (Phi) is 5.08. The van der Waals surface area contributed by atoms with Crippen LogP contribution in [0.4, 0.5) is 0 Å². The monoisotopic (exact) mass is 342 g/mol. The summed E-state index contributed by atoms with van der Waals surface area (Å²) in [6.07, 6.45) is 4.72. The first-order valence-corrected chi connectivity index (χ1v) is 7.56. The topological polar surface area (TPSA) is 61.5 Å². The van der Waals surface area contributed by atoms with Gasteiger partial charge in [0.15, 0.2) is 11.5 Å². The zero-order valence-corrected chi connectivity index (χ0v) is 13.7. The van der Waals surface area contributed by atoms with Gasteiger partial charge in [0.1, 0.15) is 19.3 Å². The molecule has 0 unspecified atom stereocenters. The van der Waals surface area contributed by atoms with Crippen molar-refractivity contribution in [2.75, 3.05) is 7.11 Å². The van der Waals surface area contributed by atoms with Gasteiger partial charge in [0.05, 0.1) is 13.3 Å². The van der Waals surface area contributed by atoms with Crippen LogP contribution in [-0.2, 0) is 6.61 Å². The van der Waals surface area contributed by atoms with Crippen LogP contribution in [0.5, 0.6) is 11.5 Å². The van der Waals surface area contributed by atoms with Gasteiger partial charge in [-0.15, -0.1) is 10.2 Å². The molecule has 0 radical (unpaired) electrons. The Hall–Kier alpha value is -2.86. The maximum atomic E-state index is 5.89. The van der Waals surface area contributed by atoms with Gasteiger partial charge in [-0.25, -0.2) is 4.68 Å².